The van der Waals surface area contributed by atoms with E-state index in [0.29, 0.717) is 0 Å². The van der Waals surface area contributed by atoms with Gasteiger partial charge in [0.15, 0.2) is 0 Å². The van der Waals surface area contributed by atoms with Crippen LogP contribution in [-0.4, -0.2) is 23.4 Å². The van der Waals surface area contributed by atoms with Crippen LogP contribution in [0.2, 0.25) is 0 Å². The molecule has 0 spiro atoms. The van der Waals surface area contributed by atoms with Crippen molar-refractivity contribution in [2.24, 2.45) is 0 Å². The molecule has 0 aliphatic heterocycles. The molecule has 3 heteroatoms. The second kappa shape index (κ2) is 6.94. The molecule has 1 aromatic rings. The Balaban J connectivity index is 2.65. The van der Waals surface area contributed by atoms with E-state index >= 15 is 0 Å². The third-order valence-corrected chi connectivity index (χ3v) is 3.43. The van der Waals surface area contributed by atoms with E-state index in [1.807, 2.05) is 37.7 Å². The topological polar surface area (TPSA) is 32.3 Å². The second-order valence-electron chi connectivity index (χ2n) is 3.79. The van der Waals surface area contributed by atoms with Crippen molar-refractivity contribution in [1.82, 2.24) is 5.32 Å². The highest BCUT2D eigenvalue weighted by Gasteiger charge is 2.14. The van der Waals surface area contributed by atoms with Gasteiger partial charge in [0.1, 0.15) is 0 Å². The molecule has 90 valence electrons. The monoisotopic (exact) mass is 239 g/mol. The maximum absolute atomic E-state index is 10.1. The van der Waals surface area contributed by atoms with Crippen molar-refractivity contribution in [3.05, 3.63) is 29.8 Å². The molecule has 2 nitrogen and oxygen atoms in total. The first-order valence-corrected chi connectivity index (χ1v) is 6.81. The first-order chi connectivity index (χ1) is 7.69. The molecular weight excluding hydrogens is 218 g/mol. The van der Waals surface area contributed by atoms with Gasteiger partial charge in [0.05, 0.1) is 6.10 Å². The molecular formula is C13H21NOS. The standard InChI is InChI=1S/C13H21NOS/c1-4-14-10(3)13(15)11-6-8-12(9-7-11)16-5-2/h6-10,13-15H,4-5H2,1-3H3. The Morgan fingerprint density at radius 3 is 2.38 bits per heavy atom. The Morgan fingerprint density at radius 1 is 1.25 bits per heavy atom. The van der Waals surface area contributed by atoms with Crippen LogP contribution in [0, 0.1) is 0 Å². The summed E-state index contributed by atoms with van der Waals surface area (Å²) in [6.45, 7) is 7.07. The van der Waals surface area contributed by atoms with Crippen molar-refractivity contribution in [1.29, 1.82) is 0 Å². The molecule has 2 unspecified atom stereocenters. The predicted molar refractivity (Wildman–Crippen MR) is 70.9 cm³/mol. The number of thioether (sulfide) groups is 1. The number of hydrogen-bond acceptors (Lipinski definition) is 3. The Morgan fingerprint density at radius 2 is 1.88 bits per heavy atom. The molecule has 2 N–H and O–H groups in total. The number of likely N-dealkylation sites (N-methyl/N-ethyl adjacent to an activating group) is 1. The summed E-state index contributed by atoms with van der Waals surface area (Å²) in [5.74, 6) is 1.08. The van der Waals surface area contributed by atoms with Crippen molar-refractivity contribution in [3.8, 4) is 0 Å². The minimum atomic E-state index is -0.430. The summed E-state index contributed by atoms with van der Waals surface area (Å²) >= 11 is 1.82. The number of hydrogen-bond donors (Lipinski definition) is 2. The van der Waals surface area contributed by atoms with Crippen LogP contribution >= 0.6 is 11.8 Å². The molecule has 0 fully saturated rings. The quantitative estimate of drug-likeness (QED) is 0.749. The lowest BCUT2D eigenvalue weighted by atomic mass is 10.0. The fourth-order valence-electron chi connectivity index (χ4n) is 1.65. The number of rotatable bonds is 6. The van der Waals surface area contributed by atoms with Crippen LogP contribution in [0.25, 0.3) is 0 Å². The van der Waals surface area contributed by atoms with Crippen LogP contribution in [-0.2, 0) is 0 Å². The van der Waals surface area contributed by atoms with Crippen LogP contribution in [0.4, 0.5) is 0 Å². The molecule has 2 atom stereocenters. The Kier molecular flexibility index (Phi) is 5.88. The highest BCUT2D eigenvalue weighted by atomic mass is 32.2. The summed E-state index contributed by atoms with van der Waals surface area (Å²) < 4.78 is 0. The lowest BCUT2D eigenvalue weighted by Crippen LogP contribution is -2.31. The smallest absolute Gasteiger partial charge is 0.0940 e. The fourth-order valence-corrected chi connectivity index (χ4v) is 2.31. The van der Waals surface area contributed by atoms with E-state index in [1.54, 1.807) is 0 Å². The van der Waals surface area contributed by atoms with Gasteiger partial charge >= 0.3 is 0 Å². The summed E-state index contributed by atoms with van der Waals surface area (Å²) in [7, 11) is 0. The lowest BCUT2D eigenvalue weighted by Gasteiger charge is -2.20. The van der Waals surface area contributed by atoms with Crippen LogP contribution < -0.4 is 5.32 Å². The predicted octanol–water partition coefficient (Wildman–Crippen LogP) is 2.83. The molecule has 0 radical (unpaired) electrons. The summed E-state index contributed by atoms with van der Waals surface area (Å²) in [6, 6.07) is 8.26. The molecule has 0 aliphatic rings. The molecule has 0 bridgehead atoms. The Bertz CT molecular complexity index is 299. The van der Waals surface area contributed by atoms with E-state index in [0.717, 1.165) is 17.9 Å². The van der Waals surface area contributed by atoms with Crippen LogP contribution in [0.5, 0.6) is 0 Å². The summed E-state index contributed by atoms with van der Waals surface area (Å²) in [6.07, 6.45) is -0.430. The molecule has 0 amide bonds. The number of aliphatic hydroxyl groups excluding tert-OH is 1. The summed E-state index contributed by atoms with van der Waals surface area (Å²) in [4.78, 5) is 1.26. The van der Waals surface area contributed by atoms with E-state index in [1.165, 1.54) is 4.90 Å². The van der Waals surface area contributed by atoms with Crippen molar-refractivity contribution in [2.45, 2.75) is 37.8 Å². The van der Waals surface area contributed by atoms with E-state index in [4.69, 9.17) is 0 Å². The maximum atomic E-state index is 10.1. The van der Waals surface area contributed by atoms with Gasteiger partial charge in [-0.05, 0) is 36.9 Å². The Hall–Kier alpha value is -0.510. The average Bonchev–Trinajstić information content (AvgIpc) is 2.30. The molecule has 0 aliphatic carbocycles. The lowest BCUT2D eigenvalue weighted by molar-refractivity contribution is 0.137. The van der Waals surface area contributed by atoms with Crippen molar-refractivity contribution in [3.63, 3.8) is 0 Å². The summed E-state index contributed by atoms with van der Waals surface area (Å²) in [5.41, 5.74) is 0.980. The van der Waals surface area contributed by atoms with Gasteiger partial charge in [-0.3, -0.25) is 0 Å². The van der Waals surface area contributed by atoms with Crippen molar-refractivity contribution < 1.29 is 5.11 Å². The maximum Gasteiger partial charge on any atom is 0.0940 e. The highest BCUT2D eigenvalue weighted by Crippen LogP contribution is 2.22. The van der Waals surface area contributed by atoms with Gasteiger partial charge in [-0.25, -0.2) is 0 Å². The van der Waals surface area contributed by atoms with E-state index in [-0.39, 0.29) is 6.04 Å². The molecule has 0 heterocycles. The zero-order valence-electron chi connectivity index (χ0n) is 10.2. The molecule has 0 aromatic heterocycles. The molecule has 16 heavy (non-hydrogen) atoms. The second-order valence-corrected chi connectivity index (χ2v) is 5.13. The number of benzene rings is 1. The Labute approximate surface area is 102 Å². The normalized spacial score (nSPS) is 14.8. The zero-order valence-corrected chi connectivity index (χ0v) is 11.1. The number of nitrogens with one attached hydrogen (secondary N) is 1. The molecule has 1 rings (SSSR count). The van der Waals surface area contributed by atoms with Crippen molar-refractivity contribution in [2.75, 3.05) is 12.3 Å². The van der Waals surface area contributed by atoms with Gasteiger partial charge in [0, 0.05) is 10.9 Å². The minimum Gasteiger partial charge on any atom is -0.387 e. The first-order valence-electron chi connectivity index (χ1n) is 5.83. The fraction of sp³-hybridized carbons (Fsp3) is 0.538. The van der Waals surface area contributed by atoms with Gasteiger partial charge in [-0.15, -0.1) is 11.8 Å². The van der Waals surface area contributed by atoms with Crippen LogP contribution in [0.3, 0.4) is 0 Å². The molecule has 0 saturated heterocycles. The van der Waals surface area contributed by atoms with Gasteiger partial charge in [-0.1, -0.05) is 26.0 Å². The molecule has 1 aromatic carbocycles. The van der Waals surface area contributed by atoms with Crippen LogP contribution in [0.15, 0.2) is 29.2 Å². The van der Waals surface area contributed by atoms with Gasteiger partial charge in [-0.2, -0.15) is 0 Å². The third kappa shape index (κ3) is 3.81. The highest BCUT2D eigenvalue weighted by molar-refractivity contribution is 7.99. The van der Waals surface area contributed by atoms with Crippen LogP contribution in [0.1, 0.15) is 32.4 Å². The van der Waals surface area contributed by atoms with Gasteiger partial charge in [0.25, 0.3) is 0 Å². The molecule has 0 saturated carbocycles. The number of aliphatic hydroxyl groups is 1. The van der Waals surface area contributed by atoms with Crippen molar-refractivity contribution >= 4 is 11.8 Å². The zero-order chi connectivity index (χ0) is 12.0. The minimum absolute atomic E-state index is 0.0923. The summed E-state index contributed by atoms with van der Waals surface area (Å²) in [5, 5.41) is 13.3. The van der Waals surface area contributed by atoms with E-state index in [2.05, 4.69) is 24.4 Å². The third-order valence-electron chi connectivity index (χ3n) is 2.53. The van der Waals surface area contributed by atoms with Gasteiger partial charge < -0.3 is 10.4 Å². The SMILES string of the molecule is CCNC(C)C(O)c1ccc(SCC)cc1. The van der Waals surface area contributed by atoms with Gasteiger partial charge in [0.2, 0.25) is 0 Å². The largest absolute Gasteiger partial charge is 0.387 e. The first kappa shape index (κ1) is 13.6. The average molecular weight is 239 g/mol. The van der Waals surface area contributed by atoms with E-state index < -0.39 is 6.10 Å². The van der Waals surface area contributed by atoms with E-state index in [9.17, 15) is 5.11 Å².